The molecule has 0 N–H and O–H groups in total. The van der Waals surface area contributed by atoms with Crippen molar-refractivity contribution in [3.63, 3.8) is 0 Å². The van der Waals surface area contributed by atoms with E-state index in [1.54, 1.807) is 20.8 Å². The number of Topliss-reactive ketones (excluding diaryl/α,β-unsaturated/α-hetero) is 1. The number of rotatable bonds is 5. The highest BCUT2D eigenvalue weighted by atomic mass is 32.2. The molecule has 25 heavy (non-hydrogen) atoms. The molecule has 1 heterocycles. The van der Waals surface area contributed by atoms with Crippen LogP contribution in [0.4, 0.5) is 0 Å². The number of ketones is 1. The van der Waals surface area contributed by atoms with Crippen LogP contribution in [0.1, 0.15) is 50.4 Å². The molecule has 2 rings (SSSR count). The lowest BCUT2D eigenvalue weighted by Gasteiger charge is -2.25. The molecule has 0 bridgehead atoms. The van der Waals surface area contributed by atoms with E-state index in [2.05, 4.69) is 0 Å². The Morgan fingerprint density at radius 2 is 1.60 bits per heavy atom. The Hall–Kier alpha value is -1.73. The number of esters is 1. The lowest BCUT2D eigenvalue weighted by atomic mass is 9.91. The summed E-state index contributed by atoms with van der Waals surface area (Å²) in [5, 5.41) is 0. The molecule has 1 saturated heterocycles. The van der Waals surface area contributed by atoms with Crippen LogP contribution in [0.25, 0.3) is 0 Å². The van der Waals surface area contributed by atoms with E-state index in [0.717, 1.165) is 19.3 Å². The maximum atomic E-state index is 12.6. The van der Waals surface area contributed by atoms with E-state index in [1.165, 1.54) is 28.6 Å². The van der Waals surface area contributed by atoms with Crippen LogP contribution in [0.2, 0.25) is 0 Å². The summed E-state index contributed by atoms with van der Waals surface area (Å²) >= 11 is 0. The van der Waals surface area contributed by atoms with Gasteiger partial charge in [0.25, 0.3) is 0 Å². The van der Waals surface area contributed by atoms with E-state index >= 15 is 0 Å². The number of nitrogens with zero attached hydrogens (tertiary/aromatic N) is 1. The molecule has 0 aliphatic carbocycles. The molecule has 138 valence electrons. The number of hydrogen-bond acceptors (Lipinski definition) is 5. The fourth-order valence-electron chi connectivity index (χ4n) is 2.45. The summed E-state index contributed by atoms with van der Waals surface area (Å²) in [5.41, 5.74) is -0.355. The quantitative estimate of drug-likeness (QED) is 0.747. The summed E-state index contributed by atoms with van der Waals surface area (Å²) in [5.74, 6) is -0.815. The van der Waals surface area contributed by atoms with Crippen LogP contribution in [0, 0.1) is 5.41 Å². The van der Waals surface area contributed by atoms with E-state index in [4.69, 9.17) is 4.74 Å². The second-order valence-electron chi connectivity index (χ2n) is 7.24. The molecule has 1 aromatic carbocycles. The zero-order chi connectivity index (χ0) is 18.7. The van der Waals surface area contributed by atoms with Crippen LogP contribution >= 0.6 is 0 Å². The fourth-order valence-corrected chi connectivity index (χ4v) is 3.97. The van der Waals surface area contributed by atoms with Gasteiger partial charge in [0.1, 0.15) is 0 Å². The van der Waals surface area contributed by atoms with Crippen LogP contribution in [0.5, 0.6) is 0 Å². The number of hydrogen-bond donors (Lipinski definition) is 0. The predicted octanol–water partition coefficient (Wildman–Crippen LogP) is 2.63. The lowest BCUT2D eigenvalue weighted by Crippen LogP contribution is -2.35. The van der Waals surface area contributed by atoms with Gasteiger partial charge in [-0.15, -0.1) is 0 Å². The SMILES string of the molecule is CC(C)(C)C(=O)COC(=O)c1ccc(S(=O)(=O)N2CCCCC2)cc1. The highest BCUT2D eigenvalue weighted by molar-refractivity contribution is 7.89. The minimum absolute atomic E-state index is 0.164. The Kier molecular flexibility index (Phi) is 6.00. The Morgan fingerprint density at radius 3 is 2.12 bits per heavy atom. The van der Waals surface area contributed by atoms with E-state index in [1.807, 2.05) is 0 Å². The van der Waals surface area contributed by atoms with Gasteiger partial charge in [0.05, 0.1) is 10.5 Å². The molecule has 0 amide bonds. The average molecular weight is 367 g/mol. The summed E-state index contributed by atoms with van der Waals surface area (Å²) in [4.78, 5) is 24.0. The van der Waals surface area contributed by atoms with Crippen LogP contribution in [0.15, 0.2) is 29.2 Å². The van der Waals surface area contributed by atoms with Crippen molar-refractivity contribution in [2.75, 3.05) is 19.7 Å². The Morgan fingerprint density at radius 1 is 1.04 bits per heavy atom. The number of carbonyl (C=O) groups excluding carboxylic acids is 2. The predicted molar refractivity (Wildman–Crippen MR) is 93.8 cm³/mol. The maximum absolute atomic E-state index is 12.6. The van der Waals surface area contributed by atoms with Crippen LogP contribution in [-0.4, -0.2) is 44.2 Å². The number of sulfonamides is 1. The molecule has 1 aromatic rings. The average Bonchev–Trinajstić information content (AvgIpc) is 2.59. The first-order chi connectivity index (χ1) is 11.6. The van der Waals surface area contributed by atoms with E-state index in [-0.39, 0.29) is 22.8 Å². The van der Waals surface area contributed by atoms with Gasteiger partial charge in [0, 0.05) is 18.5 Å². The summed E-state index contributed by atoms with van der Waals surface area (Å²) in [6.45, 7) is 6.02. The minimum Gasteiger partial charge on any atom is -0.454 e. The van der Waals surface area contributed by atoms with Gasteiger partial charge in [-0.1, -0.05) is 27.2 Å². The van der Waals surface area contributed by atoms with Crippen molar-refractivity contribution in [2.24, 2.45) is 5.41 Å². The summed E-state index contributed by atoms with van der Waals surface area (Å²) < 4.78 is 31.6. The van der Waals surface area contributed by atoms with Gasteiger partial charge in [0.2, 0.25) is 10.0 Å². The molecular weight excluding hydrogens is 342 g/mol. The summed E-state index contributed by atoms with van der Waals surface area (Å²) in [7, 11) is -3.52. The molecule has 1 aliphatic rings. The Bertz CT molecular complexity index is 726. The van der Waals surface area contributed by atoms with E-state index < -0.39 is 21.4 Å². The van der Waals surface area contributed by atoms with Crippen molar-refractivity contribution < 1.29 is 22.7 Å². The molecule has 0 atom stereocenters. The van der Waals surface area contributed by atoms with E-state index in [9.17, 15) is 18.0 Å². The van der Waals surface area contributed by atoms with Crippen molar-refractivity contribution in [3.8, 4) is 0 Å². The largest absolute Gasteiger partial charge is 0.454 e. The third kappa shape index (κ3) is 4.89. The van der Waals surface area contributed by atoms with Gasteiger partial charge < -0.3 is 4.74 Å². The smallest absolute Gasteiger partial charge is 0.338 e. The number of piperidine rings is 1. The molecule has 0 spiro atoms. The molecule has 1 aliphatic heterocycles. The van der Waals surface area contributed by atoms with Gasteiger partial charge in [-0.2, -0.15) is 4.31 Å². The summed E-state index contributed by atoms with van der Waals surface area (Å²) in [6, 6.07) is 5.65. The zero-order valence-electron chi connectivity index (χ0n) is 14.9. The van der Waals surface area contributed by atoms with Gasteiger partial charge in [0.15, 0.2) is 12.4 Å². The topological polar surface area (TPSA) is 80.8 Å². The Balaban J connectivity index is 2.04. The van der Waals surface area contributed by atoms with Gasteiger partial charge in [-0.05, 0) is 37.1 Å². The third-order valence-electron chi connectivity index (χ3n) is 4.21. The monoisotopic (exact) mass is 367 g/mol. The van der Waals surface area contributed by atoms with Crippen LogP contribution < -0.4 is 0 Å². The van der Waals surface area contributed by atoms with E-state index in [0.29, 0.717) is 13.1 Å². The van der Waals surface area contributed by atoms with Crippen molar-refractivity contribution in [1.29, 1.82) is 0 Å². The molecule has 6 nitrogen and oxygen atoms in total. The standard InChI is InChI=1S/C18H25NO5S/c1-18(2,3)16(20)13-24-17(21)14-7-9-15(10-8-14)25(22,23)19-11-5-4-6-12-19/h7-10H,4-6,11-13H2,1-3H3. The normalized spacial score (nSPS) is 16.4. The van der Waals surface area contributed by atoms with Crippen LogP contribution in [-0.2, 0) is 19.6 Å². The van der Waals surface area contributed by atoms with Crippen molar-refractivity contribution >= 4 is 21.8 Å². The van der Waals surface area contributed by atoms with Gasteiger partial charge in [-0.25, -0.2) is 13.2 Å². The molecule has 0 saturated carbocycles. The Labute approximate surface area is 149 Å². The highest BCUT2D eigenvalue weighted by Crippen LogP contribution is 2.21. The zero-order valence-corrected chi connectivity index (χ0v) is 15.8. The lowest BCUT2D eigenvalue weighted by molar-refractivity contribution is -0.129. The molecule has 0 aromatic heterocycles. The van der Waals surface area contributed by atoms with Gasteiger partial charge in [-0.3, -0.25) is 4.79 Å². The number of benzene rings is 1. The molecule has 0 unspecified atom stereocenters. The van der Waals surface area contributed by atoms with Crippen molar-refractivity contribution in [2.45, 2.75) is 44.9 Å². The molecule has 1 fully saturated rings. The fraction of sp³-hybridized carbons (Fsp3) is 0.556. The number of ether oxygens (including phenoxy) is 1. The maximum Gasteiger partial charge on any atom is 0.338 e. The highest BCUT2D eigenvalue weighted by Gasteiger charge is 2.26. The first-order valence-electron chi connectivity index (χ1n) is 8.43. The number of carbonyl (C=O) groups is 2. The van der Waals surface area contributed by atoms with Crippen molar-refractivity contribution in [1.82, 2.24) is 4.31 Å². The molecule has 7 heteroatoms. The molecule has 0 radical (unpaired) electrons. The van der Waals surface area contributed by atoms with Gasteiger partial charge >= 0.3 is 5.97 Å². The second kappa shape index (κ2) is 7.66. The first-order valence-corrected chi connectivity index (χ1v) is 9.87. The third-order valence-corrected chi connectivity index (χ3v) is 6.13. The molecular formula is C18H25NO5S. The second-order valence-corrected chi connectivity index (χ2v) is 9.18. The first kappa shape index (κ1) is 19.6. The minimum atomic E-state index is -3.52. The van der Waals surface area contributed by atoms with Crippen LogP contribution in [0.3, 0.4) is 0 Å². The van der Waals surface area contributed by atoms with Crippen molar-refractivity contribution in [3.05, 3.63) is 29.8 Å². The summed E-state index contributed by atoms with van der Waals surface area (Å²) in [6.07, 6.45) is 2.78.